The first-order chi connectivity index (χ1) is 10.7. The number of nitrogens with one attached hydrogen (secondary N) is 2. The summed E-state index contributed by atoms with van der Waals surface area (Å²) in [5, 5.41) is 6.42. The summed E-state index contributed by atoms with van der Waals surface area (Å²) in [5.41, 5.74) is 6.31. The third kappa shape index (κ3) is 4.06. The molecule has 0 aliphatic carbocycles. The lowest BCUT2D eigenvalue weighted by Crippen LogP contribution is -2.28. The molecule has 1 heterocycles. The van der Waals surface area contributed by atoms with Gasteiger partial charge in [0.1, 0.15) is 0 Å². The second-order valence-electron chi connectivity index (χ2n) is 6.00. The largest absolute Gasteiger partial charge is 0.393 e. The van der Waals surface area contributed by atoms with Crippen molar-refractivity contribution >= 4 is 11.3 Å². The Labute approximate surface area is 135 Å². The van der Waals surface area contributed by atoms with Gasteiger partial charge in [0, 0.05) is 44.8 Å². The number of rotatable bonds is 5. The standard InChI is InChI=1S/C19H29N3/c1-15-8-9-18(21-4)13-19(15)17(14-20-3)12-16(2)22-10-6-5-7-11-22/h8-9,12-14,20-21H,5-7,10-11H2,1-4H3/b16-12+,17-14+. The van der Waals surface area contributed by atoms with Crippen LogP contribution in [-0.2, 0) is 0 Å². The van der Waals surface area contributed by atoms with Crippen molar-refractivity contribution in [1.82, 2.24) is 10.2 Å². The fourth-order valence-electron chi connectivity index (χ4n) is 3.00. The zero-order chi connectivity index (χ0) is 15.9. The summed E-state index contributed by atoms with van der Waals surface area (Å²) in [6.07, 6.45) is 8.39. The SMILES string of the molecule is CN/C=C(\C=C(/C)N1CCCCC1)c1cc(NC)ccc1C. The van der Waals surface area contributed by atoms with Crippen molar-refractivity contribution in [2.24, 2.45) is 0 Å². The van der Waals surface area contributed by atoms with E-state index in [2.05, 4.69) is 59.9 Å². The number of allylic oxidation sites excluding steroid dienone is 3. The highest BCUT2D eigenvalue weighted by Gasteiger charge is 2.12. The molecule has 0 saturated carbocycles. The minimum atomic E-state index is 1.15. The molecule has 1 aliphatic rings. The van der Waals surface area contributed by atoms with E-state index in [9.17, 15) is 0 Å². The molecule has 0 unspecified atom stereocenters. The van der Waals surface area contributed by atoms with Gasteiger partial charge < -0.3 is 15.5 Å². The van der Waals surface area contributed by atoms with E-state index >= 15 is 0 Å². The number of anilines is 1. The molecule has 2 rings (SSSR count). The third-order valence-corrected chi connectivity index (χ3v) is 4.36. The van der Waals surface area contributed by atoms with Gasteiger partial charge in [-0.15, -0.1) is 0 Å². The molecule has 22 heavy (non-hydrogen) atoms. The summed E-state index contributed by atoms with van der Waals surface area (Å²) in [6, 6.07) is 6.52. The molecule has 0 radical (unpaired) electrons. The number of nitrogens with zero attached hydrogens (tertiary/aromatic N) is 1. The van der Waals surface area contributed by atoms with Gasteiger partial charge in [-0.2, -0.15) is 0 Å². The van der Waals surface area contributed by atoms with E-state index < -0.39 is 0 Å². The zero-order valence-corrected chi connectivity index (χ0v) is 14.4. The molecule has 3 heteroatoms. The highest BCUT2D eigenvalue weighted by molar-refractivity contribution is 5.78. The van der Waals surface area contributed by atoms with Gasteiger partial charge in [-0.1, -0.05) is 6.07 Å². The molecule has 1 fully saturated rings. The highest BCUT2D eigenvalue weighted by Crippen LogP contribution is 2.26. The molecule has 1 aliphatic heterocycles. The van der Waals surface area contributed by atoms with Gasteiger partial charge >= 0.3 is 0 Å². The van der Waals surface area contributed by atoms with Crippen molar-refractivity contribution in [3.05, 3.63) is 47.3 Å². The molecule has 0 amide bonds. The van der Waals surface area contributed by atoms with E-state index in [1.807, 2.05) is 14.1 Å². The van der Waals surface area contributed by atoms with Crippen LogP contribution in [0.25, 0.3) is 5.57 Å². The normalized spacial score (nSPS) is 16.6. The smallest absolute Gasteiger partial charge is 0.0343 e. The Balaban J connectivity index is 2.32. The van der Waals surface area contributed by atoms with E-state index in [1.54, 1.807) is 0 Å². The maximum Gasteiger partial charge on any atom is 0.0343 e. The van der Waals surface area contributed by atoms with Gasteiger partial charge in [0.15, 0.2) is 0 Å². The lowest BCUT2D eigenvalue weighted by Gasteiger charge is -2.29. The summed E-state index contributed by atoms with van der Waals surface area (Å²) >= 11 is 0. The van der Waals surface area contributed by atoms with Crippen molar-refractivity contribution < 1.29 is 0 Å². The molecule has 120 valence electrons. The van der Waals surface area contributed by atoms with Crippen LogP contribution in [-0.4, -0.2) is 32.1 Å². The van der Waals surface area contributed by atoms with Crippen LogP contribution in [0.15, 0.2) is 36.2 Å². The Bertz CT molecular complexity index is 552. The second-order valence-corrected chi connectivity index (χ2v) is 6.00. The van der Waals surface area contributed by atoms with E-state index in [-0.39, 0.29) is 0 Å². The van der Waals surface area contributed by atoms with Gasteiger partial charge in [0.25, 0.3) is 0 Å². The summed E-state index contributed by atoms with van der Waals surface area (Å²) in [4.78, 5) is 2.50. The predicted octanol–water partition coefficient (Wildman–Crippen LogP) is 3.99. The number of aryl methyl sites for hydroxylation is 1. The fourth-order valence-corrected chi connectivity index (χ4v) is 3.00. The van der Waals surface area contributed by atoms with Crippen LogP contribution in [0.1, 0.15) is 37.3 Å². The zero-order valence-electron chi connectivity index (χ0n) is 14.4. The number of likely N-dealkylation sites (tertiary alicyclic amines) is 1. The summed E-state index contributed by atoms with van der Waals surface area (Å²) in [7, 11) is 3.92. The van der Waals surface area contributed by atoms with Crippen LogP contribution >= 0.6 is 0 Å². The summed E-state index contributed by atoms with van der Waals surface area (Å²) in [5.74, 6) is 0. The number of hydrogen-bond acceptors (Lipinski definition) is 3. The average Bonchev–Trinajstić information content (AvgIpc) is 2.55. The van der Waals surface area contributed by atoms with Crippen molar-refractivity contribution in [1.29, 1.82) is 0 Å². The molecule has 0 atom stereocenters. The van der Waals surface area contributed by atoms with Crippen LogP contribution in [0.3, 0.4) is 0 Å². The van der Waals surface area contributed by atoms with Crippen molar-refractivity contribution in [3.8, 4) is 0 Å². The Morgan fingerprint density at radius 2 is 1.86 bits per heavy atom. The van der Waals surface area contributed by atoms with E-state index in [1.165, 1.54) is 54.7 Å². The van der Waals surface area contributed by atoms with Crippen LogP contribution < -0.4 is 10.6 Å². The Hall–Kier alpha value is -1.90. The average molecular weight is 299 g/mol. The minimum Gasteiger partial charge on any atom is -0.393 e. The first-order valence-corrected chi connectivity index (χ1v) is 8.25. The molecule has 1 aromatic rings. The topological polar surface area (TPSA) is 27.3 Å². The van der Waals surface area contributed by atoms with Gasteiger partial charge in [-0.05, 0) is 68.0 Å². The maximum absolute atomic E-state index is 3.23. The van der Waals surface area contributed by atoms with Crippen LogP contribution in [0.5, 0.6) is 0 Å². The van der Waals surface area contributed by atoms with Crippen LogP contribution in [0, 0.1) is 6.92 Å². The van der Waals surface area contributed by atoms with E-state index in [0.717, 1.165) is 5.69 Å². The fraction of sp³-hybridized carbons (Fsp3) is 0.474. The Kier molecular flexibility index (Phi) is 5.93. The van der Waals surface area contributed by atoms with Gasteiger partial charge in [0.05, 0.1) is 0 Å². The molecule has 3 nitrogen and oxygen atoms in total. The molecular formula is C19H29N3. The van der Waals surface area contributed by atoms with Gasteiger partial charge in [0.2, 0.25) is 0 Å². The van der Waals surface area contributed by atoms with Gasteiger partial charge in [-0.25, -0.2) is 0 Å². The predicted molar refractivity (Wildman–Crippen MR) is 96.9 cm³/mol. The van der Waals surface area contributed by atoms with Crippen molar-refractivity contribution in [2.45, 2.75) is 33.1 Å². The third-order valence-electron chi connectivity index (χ3n) is 4.36. The lowest BCUT2D eigenvalue weighted by atomic mass is 9.99. The summed E-state index contributed by atoms with van der Waals surface area (Å²) in [6.45, 7) is 6.77. The molecule has 1 aromatic carbocycles. The van der Waals surface area contributed by atoms with E-state index in [4.69, 9.17) is 0 Å². The minimum absolute atomic E-state index is 1.15. The monoisotopic (exact) mass is 299 g/mol. The molecular weight excluding hydrogens is 270 g/mol. The first kappa shape index (κ1) is 16.5. The lowest BCUT2D eigenvalue weighted by molar-refractivity contribution is 0.286. The van der Waals surface area contributed by atoms with Crippen molar-refractivity contribution in [3.63, 3.8) is 0 Å². The van der Waals surface area contributed by atoms with Gasteiger partial charge in [-0.3, -0.25) is 0 Å². The van der Waals surface area contributed by atoms with Crippen LogP contribution in [0.4, 0.5) is 5.69 Å². The van der Waals surface area contributed by atoms with E-state index in [0.29, 0.717) is 0 Å². The number of benzene rings is 1. The highest BCUT2D eigenvalue weighted by atomic mass is 15.1. The maximum atomic E-state index is 3.23. The quantitative estimate of drug-likeness (QED) is 0.805. The number of piperidine rings is 1. The first-order valence-electron chi connectivity index (χ1n) is 8.25. The summed E-state index contributed by atoms with van der Waals surface area (Å²) < 4.78 is 0. The molecule has 0 bridgehead atoms. The van der Waals surface area contributed by atoms with Crippen LogP contribution in [0.2, 0.25) is 0 Å². The molecule has 0 aromatic heterocycles. The molecule has 0 spiro atoms. The molecule has 1 saturated heterocycles. The van der Waals surface area contributed by atoms with Crippen molar-refractivity contribution in [2.75, 3.05) is 32.5 Å². The second kappa shape index (κ2) is 7.92. The molecule has 2 N–H and O–H groups in total. The number of hydrogen-bond donors (Lipinski definition) is 2. The Morgan fingerprint density at radius 3 is 2.50 bits per heavy atom. The Morgan fingerprint density at radius 1 is 1.14 bits per heavy atom.